The van der Waals surface area contributed by atoms with Gasteiger partial charge in [-0.3, -0.25) is 4.79 Å². The van der Waals surface area contributed by atoms with Crippen LogP contribution in [0.25, 0.3) is 0 Å². The van der Waals surface area contributed by atoms with Crippen molar-refractivity contribution >= 4 is 18.3 Å². The minimum absolute atomic E-state index is 0. The predicted molar refractivity (Wildman–Crippen MR) is 99.1 cm³/mol. The molecule has 1 aliphatic rings. The van der Waals surface area contributed by atoms with Gasteiger partial charge < -0.3 is 20.6 Å². The molecule has 0 saturated carbocycles. The lowest BCUT2D eigenvalue weighted by atomic mass is 9.95. The number of carbonyl (C=O) groups is 1. The van der Waals surface area contributed by atoms with E-state index in [0.29, 0.717) is 12.5 Å². The summed E-state index contributed by atoms with van der Waals surface area (Å²) in [4.78, 5) is 15.9. The van der Waals surface area contributed by atoms with E-state index in [4.69, 9.17) is 5.73 Å². The molecule has 0 radical (unpaired) electrons. The number of nitrogens with zero attached hydrogens (tertiary/aromatic N) is 2. The molecule has 2 atom stereocenters. The summed E-state index contributed by atoms with van der Waals surface area (Å²) in [5.74, 6) is 0.528. The first kappa shape index (κ1) is 20.9. The highest BCUT2D eigenvalue weighted by Crippen LogP contribution is 2.21. The summed E-state index contributed by atoms with van der Waals surface area (Å²) >= 11 is 0. The van der Waals surface area contributed by atoms with Crippen molar-refractivity contribution < 1.29 is 9.90 Å². The number of hydrogen-bond donors (Lipinski definition) is 2. The maximum absolute atomic E-state index is 11.8. The number of likely N-dealkylation sites (N-methyl/N-ethyl adjacent to an activating group) is 1. The second-order valence-corrected chi connectivity index (χ2v) is 6.68. The van der Waals surface area contributed by atoms with Gasteiger partial charge in [0.2, 0.25) is 5.91 Å². The minimum Gasteiger partial charge on any atom is -0.387 e. The van der Waals surface area contributed by atoms with Crippen molar-refractivity contribution in [2.45, 2.75) is 31.9 Å². The van der Waals surface area contributed by atoms with E-state index in [1.165, 1.54) is 0 Å². The molecule has 1 aromatic rings. The molecule has 0 spiro atoms. The average Bonchev–Trinajstić information content (AvgIpc) is 2.56. The molecule has 24 heavy (non-hydrogen) atoms. The Balaban J connectivity index is 0.00000288. The van der Waals surface area contributed by atoms with Crippen molar-refractivity contribution in [2.24, 2.45) is 11.7 Å². The third-order valence-electron chi connectivity index (χ3n) is 4.62. The maximum Gasteiger partial charge on any atom is 0.238 e. The largest absolute Gasteiger partial charge is 0.387 e. The number of aliphatic hydroxyl groups excluding tert-OH is 1. The molecule has 6 heteroatoms. The number of likely N-dealkylation sites (tertiary alicyclic amines) is 1. The fraction of sp³-hybridized carbons (Fsp3) is 0.611. The van der Waals surface area contributed by atoms with Crippen LogP contribution in [0.3, 0.4) is 0 Å². The zero-order valence-corrected chi connectivity index (χ0v) is 15.4. The van der Waals surface area contributed by atoms with Crippen LogP contribution in [0.15, 0.2) is 30.3 Å². The number of halogens is 1. The topological polar surface area (TPSA) is 69.8 Å². The molecule has 2 rings (SSSR count). The first-order valence-electron chi connectivity index (χ1n) is 8.43. The molecule has 2 unspecified atom stereocenters. The summed E-state index contributed by atoms with van der Waals surface area (Å²) in [6.07, 6.45) is 1.67. The standard InChI is InChI=1S/C18H29N3O2.ClH/c1-14(19)18(23)20(2)12-15-8-10-21(11-9-15)13-17(22)16-6-4-3-5-7-16;/h3-7,14-15,17,22H,8-13,19H2,1-2H3;1H. The Bertz CT molecular complexity index is 490. The van der Waals surface area contributed by atoms with E-state index in [9.17, 15) is 9.90 Å². The average molecular weight is 356 g/mol. The number of piperidine rings is 1. The van der Waals surface area contributed by atoms with E-state index in [1.54, 1.807) is 11.8 Å². The minimum atomic E-state index is -0.435. The molecule has 1 aromatic carbocycles. The van der Waals surface area contributed by atoms with Crippen LogP contribution in [0.4, 0.5) is 0 Å². The second-order valence-electron chi connectivity index (χ2n) is 6.68. The van der Waals surface area contributed by atoms with Gasteiger partial charge in [0.15, 0.2) is 0 Å². The van der Waals surface area contributed by atoms with Gasteiger partial charge in [0.05, 0.1) is 12.1 Å². The fourth-order valence-corrected chi connectivity index (χ4v) is 3.20. The maximum atomic E-state index is 11.8. The number of aliphatic hydroxyl groups is 1. The van der Waals surface area contributed by atoms with Gasteiger partial charge in [0.25, 0.3) is 0 Å². The van der Waals surface area contributed by atoms with Gasteiger partial charge in [0.1, 0.15) is 0 Å². The summed E-state index contributed by atoms with van der Waals surface area (Å²) in [7, 11) is 1.83. The van der Waals surface area contributed by atoms with Gasteiger partial charge in [0, 0.05) is 20.1 Å². The molecular weight excluding hydrogens is 326 g/mol. The molecule has 136 valence electrons. The van der Waals surface area contributed by atoms with Crippen molar-refractivity contribution in [2.75, 3.05) is 33.2 Å². The lowest BCUT2D eigenvalue weighted by Crippen LogP contribution is -2.44. The summed E-state index contributed by atoms with van der Waals surface area (Å²) in [6, 6.07) is 9.37. The van der Waals surface area contributed by atoms with E-state index in [0.717, 1.165) is 38.0 Å². The Morgan fingerprint density at radius 2 is 1.92 bits per heavy atom. The quantitative estimate of drug-likeness (QED) is 0.814. The number of benzene rings is 1. The van der Waals surface area contributed by atoms with E-state index in [2.05, 4.69) is 4.90 Å². The van der Waals surface area contributed by atoms with Crippen LogP contribution >= 0.6 is 12.4 Å². The van der Waals surface area contributed by atoms with Crippen molar-refractivity contribution in [3.05, 3.63) is 35.9 Å². The number of hydrogen-bond acceptors (Lipinski definition) is 4. The Morgan fingerprint density at radius 3 is 2.46 bits per heavy atom. The summed E-state index contributed by atoms with van der Waals surface area (Å²) in [5.41, 5.74) is 6.62. The van der Waals surface area contributed by atoms with E-state index in [-0.39, 0.29) is 18.3 Å². The lowest BCUT2D eigenvalue weighted by molar-refractivity contribution is -0.131. The van der Waals surface area contributed by atoms with Gasteiger partial charge in [-0.1, -0.05) is 30.3 Å². The predicted octanol–water partition coefficient (Wildman–Crippen LogP) is 1.66. The number of amides is 1. The van der Waals surface area contributed by atoms with Crippen LogP contribution in [0.1, 0.15) is 31.4 Å². The van der Waals surface area contributed by atoms with Gasteiger partial charge in [-0.25, -0.2) is 0 Å². The summed E-state index contributed by atoms with van der Waals surface area (Å²) in [5, 5.41) is 10.3. The first-order valence-corrected chi connectivity index (χ1v) is 8.43. The highest BCUT2D eigenvalue weighted by Gasteiger charge is 2.24. The zero-order chi connectivity index (χ0) is 16.8. The van der Waals surface area contributed by atoms with Crippen molar-refractivity contribution in [3.8, 4) is 0 Å². The molecule has 0 aromatic heterocycles. The fourth-order valence-electron chi connectivity index (χ4n) is 3.20. The second kappa shape index (κ2) is 9.99. The van der Waals surface area contributed by atoms with Crippen LogP contribution in [0.2, 0.25) is 0 Å². The Hall–Kier alpha value is -1.14. The van der Waals surface area contributed by atoms with Crippen LogP contribution in [0, 0.1) is 5.92 Å². The van der Waals surface area contributed by atoms with Crippen LogP contribution in [-0.4, -0.2) is 60.1 Å². The van der Waals surface area contributed by atoms with Gasteiger partial charge in [-0.05, 0) is 44.3 Å². The monoisotopic (exact) mass is 355 g/mol. The summed E-state index contributed by atoms with van der Waals surface area (Å²) in [6.45, 7) is 5.11. The first-order chi connectivity index (χ1) is 11.0. The van der Waals surface area contributed by atoms with Crippen LogP contribution < -0.4 is 5.73 Å². The van der Waals surface area contributed by atoms with Gasteiger partial charge >= 0.3 is 0 Å². The van der Waals surface area contributed by atoms with Crippen molar-refractivity contribution in [1.29, 1.82) is 0 Å². The van der Waals surface area contributed by atoms with Crippen LogP contribution in [0.5, 0.6) is 0 Å². The number of β-amino-alcohol motifs (C(OH)–C–C–N with tert-alkyl or cyclic N) is 1. The van der Waals surface area contributed by atoms with Crippen molar-refractivity contribution in [1.82, 2.24) is 9.80 Å². The lowest BCUT2D eigenvalue weighted by Gasteiger charge is -2.35. The molecule has 0 bridgehead atoms. The van der Waals surface area contributed by atoms with E-state index in [1.807, 2.05) is 37.4 Å². The SMILES string of the molecule is CC(N)C(=O)N(C)CC1CCN(CC(O)c2ccccc2)CC1.Cl. The molecule has 1 fully saturated rings. The smallest absolute Gasteiger partial charge is 0.238 e. The third-order valence-corrected chi connectivity index (χ3v) is 4.62. The van der Waals surface area contributed by atoms with Crippen molar-refractivity contribution in [3.63, 3.8) is 0 Å². The molecule has 1 amide bonds. The molecule has 1 aliphatic heterocycles. The molecule has 1 saturated heterocycles. The Morgan fingerprint density at radius 1 is 1.33 bits per heavy atom. The molecule has 1 heterocycles. The van der Waals surface area contributed by atoms with E-state index >= 15 is 0 Å². The third kappa shape index (κ3) is 6.06. The molecule has 5 nitrogen and oxygen atoms in total. The highest BCUT2D eigenvalue weighted by atomic mass is 35.5. The molecular formula is C18H30ClN3O2. The van der Waals surface area contributed by atoms with Crippen LogP contribution in [-0.2, 0) is 4.79 Å². The number of nitrogens with two attached hydrogens (primary N) is 1. The van der Waals surface area contributed by atoms with E-state index < -0.39 is 12.1 Å². The van der Waals surface area contributed by atoms with Gasteiger partial charge in [-0.2, -0.15) is 0 Å². The number of carbonyl (C=O) groups excluding carboxylic acids is 1. The Kier molecular flexibility index (Phi) is 8.70. The highest BCUT2D eigenvalue weighted by molar-refractivity contribution is 5.85. The zero-order valence-electron chi connectivity index (χ0n) is 14.6. The Labute approximate surface area is 151 Å². The normalized spacial score (nSPS) is 18.5. The number of rotatable bonds is 6. The van der Waals surface area contributed by atoms with Gasteiger partial charge in [-0.15, -0.1) is 12.4 Å². The molecule has 0 aliphatic carbocycles. The summed E-state index contributed by atoms with van der Waals surface area (Å²) < 4.78 is 0. The molecule has 3 N–H and O–H groups in total.